The minimum atomic E-state index is -1.78. The summed E-state index contributed by atoms with van der Waals surface area (Å²) in [5, 5.41) is 1.20. The van der Waals surface area contributed by atoms with Gasteiger partial charge in [-0.1, -0.05) is 28.1 Å². The molecule has 0 fully saturated rings. The first kappa shape index (κ1) is 15.6. The van der Waals surface area contributed by atoms with E-state index in [9.17, 15) is 13.6 Å². The molecule has 0 N–H and O–H groups in total. The molecule has 0 saturated carbocycles. The highest BCUT2D eigenvalue weighted by Crippen LogP contribution is 2.20. The summed E-state index contributed by atoms with van der Waals surface area (Å²) in [6.45, 7) is 0. The van der Waals surface area contributed by atoms with Gasteiger partial charge in [0.05, 0.1) is 0 Å². The average molecular weight is 377 g/mol. The van der Waals surface area contributed by atoms with Crippen LogP contribution in [-0.4, -0.2) is 9.55 Å². The van der Waals surface area contributed by atoms with Gasteiger partial charge < -0.3 is 0 Å². The van der Waals surface area contributed by atoms with Crippen molar-refractivity contribution in [2.24, 2.45) is 0 Å². The van der Waals surface area contributed by atoms with E-state index in [-0.39, 0.29) is 12.0 Å². The zero-order chi connectivity index (χ0) is 16.4. The van der Waals surface area contributed by atoms with E-state index >= 15 is 0 Å². The van der Waals surface area contributed by atoms with E-state index in [1.807, 2.05) is 6.07 Å². The Balaban J connectivity index is 2.33. The molecule has 0 bridgehead atoms. The van der Waals surface area contributed by atoms with Crippen molar-refractivity contribution in [3.05, 3.63) is 81.3 Å². The van der Waals surface area contributed by atoms with Crippen LogP contribution in [-0.2, 0) is 6.42 Å². The van der Waals surface area contributed by atoms with Crippen molar-refractivity contribution < 1.29 is 8.78 Å². The molecule has 0 spiro atoms. The molecule has 0 atom stereocenters. The van der Waals surface area contributed by atoms with E-state index in [4.69, 9.17) is 0 Å². The van der Waals surface area contributed by atoms with E-state index in [0.717, 1.165) is 10.5 Å². The second-order valence-corrected chi connectivity index (χ2v) is 5.81. The molecule has 1 aromatic carbocycles. The van der Waals surface area contributed by atoms with Gasteiger partial charge in [0.1, 0.15) is 5.82 Å². The third kappa shape index (κ3) is 3.22. The normalized spacial score (nSPS) is 10.7. The Morgan fingerprint density at radius 1 is 1.22 bits per heavy atom. The van der Waals surface area contributed by atoms with Gasteiger partial charge in [0.2, 0.25) is 0 Å². The van der Waals surface area contributed by atoms with Crippen LogP contribution >= 0.6 is 15.9 Å². The van der Waals surface area contributed by atoms with Crippen molar-refractivity contribution in [2.75, 3.05) is 0 Å². The fraction of sp³-hybridized carbons (Fsp3) is 0.0588. The van der Waals surface area contributed by atoms with Crippen molar-refractivity contribution in [1.82, 2.24) is 9.55 Å². The Morgan fingerprint density at radius 3 is 2.74 bits per heavy atom. The molecule has 2 heterocycles. The maximum Gasteiger partial charge on any atom is 0.266 e. The van der Waals surface area contributed by atoms with Crippen molar-refractivity contribution in [1.29, 1.82) is 0 Å². The summed E-state index contributed by atoms with van der Waals surface area (Å²) in [7, 11) is 0. The number of hydrogen-bond acceptors (Lipinski definition) is 2. The number of benzene rings is 1. The maximum absolute atomic E-state index is 12.8. The van der Waals surface area contributed by atoms with Crippen LogP contribution in [0.1, 0.15) is 5.69 Å². The summed E-state index contributed by atoms with van der Waals surface area (Å²) in [6.07, 6.45) is 0.516. The number of hydrogen-bond donors (Lipinski definition) is 0. The SMILES string of the molecule is O=c1c2cc(Br)ccc2cc(CC=C(F)F)n1-c1ccccn1. The number of nitrogens with zero attached hydrogens (tertiary/aromatic N) is 2. The van der Waals surface area contributed by atoms with Crippen LogP contribution in [0.4, 0.5) is 8.78 Å². The smallest absolute Gasteiger partial charge is 0.266 e. The van der Waals surface area contributed by atoms with Gasteiger partial charge in [-0.25, -0.2) is 4.98 Å². The Bertz CT molecular complexity index is 948. The summed E-state index contributed by atoms with van der Waals surface area (Å²) in [5.74, 6) is 0.405. The molecule has 3 rings (SSSR count). The van der Waals surface area contributed by atoms with Crippen molar-refractivity contribution in [2.45, 2.75) is 6.42 Å². The molecule has 0 aliphatic rings. The molecule has 6 heteroatoms. The zero-order valence-corrected chi connectivity index (χ0v) is 13.4. The number of pyridine rings is 2. The largest absolute Gasteiger partial charge is 0.268 e. The van der Waals surface area contributed by atoms with E-state index in [0.29, 0.717) is 22.3 Å². The molecule has 0 aliphatic carbocycles. The van der Waals surface area contributed by atoms with Crippen molar-refractivity contribution in [3.8, 4) is 5.82 Å². The Labute approximate surface area is 139 Å². The van der Waals surface area contributed by atoms with Crippen LogP contribution in [0.2, 0.25) is 0 Å². The monoisotopic (exact) mass is 376 g/mol. The number of aromatic nitrogens is 2. The van der Waals surface area contributed by atoms with Crippen molar-refractivity contribution in [3.63, 3.8) is 0 Å². The second kappa shape index (κ2) is 6.42. The molecule has 0 amide bonds. The topological polar surface area (TPSA) is 34.9 Å². The zero-order valence-electron chi connectivity index (χ0n) is 11.8. The Hall–Kier alpha value is -2.34. The number of allylic oxidation sites excluding steroid dienone is 1. The average Bonchev–Trinajstić information content (AvgIpc) is 2.54. The Kier molecular flexibility index (Phi) is 4.34. The van der Waals surface area contributed by atoms with Gasteiger partial charge in [0.25, 0.3) is 11.6 Å². The predicted molar refractivity (Wildman–Crippen MR) is 89.0 cm³/mol. The van der Waals surface area contributed by atoms with Crippen LogP contribution < -0.4 is 5.56 Å². The lowest BCUT2D eigenvalue weighted by Gasteiger charge is -2.12. The van der Waals surface area contributed by atoms with E-state index in [1.54, 1.807) is 42.6 Å². The third-order valence-corrected chi connectivity index (χ3v) is 3.90. The molecule has 23 heavy (non-hydrogen) atoms. The summed E-state index contributed by atoms with van der Waals surface area (Å²) in [6, 6.07) is 12.2. The van der Waals surface area contributed by atoms with E-state index in [2.05, 4.69) is 20.9 Å². The number of fused-ring (bicyclic) bond motifs is 1. The molecule has 0 saturated heterocycles. The fourth-order valence-electron chi connectivity index (χ4n) is 2.40. The molecule has 116 valence electrons. The predicted octanol–water partition coefficient (Wildman–Crippen LogP) is 4.47. The molecule has 2 aromatic heterocycles. The third-order valence-electron chi connectivity index (χ3n) is 3.40. The first-order chi connectivity index (χ1) is 11.1. The molecule has 0 unspecified atom stereocenters. The van der Waals surface area contributed by atoms with Gasteiger partial charge in [-0.15, -0.1) is 0 Å². The molecule has 3 aromatic rings. The lowest BCUT2D eigenvalue weighted by atomic mass is 10.1. The lowest BCUT2D eigenvalue weighted by molar-refractivity contribution is 0.418. The first-order valence-electron chi connectivity index (χ1n) is 6.83. The summed E-state index contributed by atoms with van der Waals surface area (Å²) >= 11 is 3.34. The van der Waals surface area contributed by atoms with E-state index in [1.165, 1.54) is 4.57 Å². The highest BCUT2D eigenvalue weighted by atomic mass is 79.9. The molecule has 3 nitrogen and oxygen atoms in total. The minimum absolute atomic E-state index is 0.0554. The van der Waals surface area contributed by atoms with Crippen LogP contribution in [0.15, 0.2) is 70.1 Å². The van der Waals surface area contributed by atoms with Crippen LogP contribution in [0.5, 0.6) is 0 Å². The summed E-state index contributed by atoms with van der Waals surface area (Å²) < 4.78 is 27.1. The van der Waals surface area contributed by atoms with Gasteiger partial charge >= 0.3 is 0 Å². The highest BCUT2D eigenvalue weighted by molar-refractivity contribution is 9.10. The molecular weight excluding hydrogens is 366 g/mol. The standard InChI is InChI=1S/C17H11BrF2N2O/c18-12-5-4-11-9-13(6-7-15(19)20)22(17(23)14(11)10-12)16-3-1-2-8-21-16/h1-5,7-10H,6H2. The van der Waals surface area contributed by atoms with Gasteiger partial charge in [-0.05, 0) is 41.8 Å². The Morgan fingerprint density at radius 2 is 2.04 bits per heavy atom. The molecule has 0 radical (unpaired) electrons. The van der Waals surface area contributed by atoms with Crippen molar-refractivity contribution >= 4 is 26.7 Å². The lowest BCUT2D eigenvalue weighted by Crippen LogP contribution is -2.22. The minimum Gasteiger partial charge on any atom is -0.268 e. The van der Waals surface area contributed by atoms with Gasteiger partial charge in [0, 0.05) is 28.2 Å². The summed E-state index contributed by atoms with van der Waals surface area (Å²) in [5.41, 5.74) is 0.168. The van der Waals surface area contributed by atoms with E-state index < -0.39 is 6.08 Å². The van der Waals surface area contributed by atoms with Gasteiger partial charge in [-0.3, -0.25) is 9.36 Å². The maximum atomic E-state index is 12.8. The molecule has 0 aliphatic heterocycles. The van der Waals surface area contributed by atoms with Gasteiger partial charge in [-0.2, -0.15) is 8.78 Å². The number of rotatable bonds is 3. The second-order valence-electron chi connectivity index (χ2n) is 4.89. The summed E-state index contributed by atoms with van der Waals surface area (Å²) in [4.78, 5) is 17.0. The fourth-order valence-corrected chi connectivity index (χ4v) is 2.76. The van der Waals surface area contributed by atoms with Crippen LogP contribution in [0, 0.1) is 0 Å². The quantitative estimate of drug-likeness (QED) is 0.675. The molecular formula is C17H11BrF2N2O. The number of halogens is 3. The highest BCUT2D eigenvalue weighted by Gasteiger charge is 2.12. The first-order valence-corrected chi connectivity index (χ1v) is 7.62. The van der Waals surface area contributed by atoms with Crippen LogP contribution in [0.3, 0.4) is 0 Å². The van der Waals surface area contributed by atoms with Gasteiger partial charge in [0.15, 0.2) is 0 Å². The van der Waals surface area contributed by atoms with Crippen LogP contribution in [0.25, 0.3) is 16.6 Å².